The van der Waals surface area contributed by atoms with Gasteiger partial charge in [-0.1, -0.05) is 13.8 Å². The van der Waals surface area contributed by atoms with Crippen LogP contribution in [0.25, 0.3) is 0 Å². The topological polar surface area (TPSA) is 54.0 Å². The number of nitrogens with zero attached hydrogens (tertiary/aromatic N) is 1. The van der Waals surface area contributed by atoms with Gasteiger partial charge in [0.15, 0.2) is 0 Å². The van der Waals surface area contributed by atoms with Gasteiger partial charge in [0.25, 0.3) is 5.91 Å². The Kier molecular flexibility index (Phi) is 5.13. The van der Waals surface area contributed by atoms with Crippen LogP contribution in [0.4, 0.5) is 5.69 Å². The molecule has 1 aromatic heterocycles. The van der Waals surface area contributed by atoms with Crippen molar-refractivity contribution in [2.75, 3.05) is 11.9 Å². The maximum Gasteiger partial charge on any atom is 0.270 e. The van der Waals surface area contributed by atoms with Crippen molar-refractivity contribution in [1.82, 2.24) is 10.3 Å². The zero-order chi connectivity index (χ0) is 13.6. The number of carbonyl (C=O) groups is 1. The van der Waals surface area contributed by atoms with Gasteiger partial charge in [-0.15, -0.1) is 0 Å². The molecule has 18 heavy (non-hydrogen) atoms. The molecule has 0 fully saturated rings. The smallest absolute Gasteiger partial charge is 0.270 e. The van der Waals surface area contributed by atoms with E-state index in [0.29, 0.717) is 5.69 Å². The van der Waals surface area contributed by atoms with Gasteiger partial charge in [0, 0.05) is 24.0 Å². The van der Waals surface area contributed by atoms with Crippen molar-refractivity contribution in [3.63, 3.8) is 0 Å². The molecule has 0 aliphatic rings. The normalized spacial score (nSPS) is 11.1. The molecular formula is C14H23N3O. The van der Waals surface area contributed by atoms with Gasteiger partial charge in [0.2, 0.25) is 0 Å². The second-order valence-electron chi connectivity index (χ2n) is 4.68. The highest BCUT2D eigenvalue weighted by molar-refractivity contribution is 5.93. The molecular weight excluding hydrogens is 226 g/mol. The second kappa shape index (κ2) is 6.38. The van der Waals surface area contributed by atoms with E-state index in [1.54, 1.807) is 12.3 Å². The van der Waals surface area contributed by atoms with Crippen molar-refractivity contribution in [2.45, 2.75) is 46.1 Å². The largest absolute Gasteiger partial charge is 0.385 e. The molecule has 0 saturated carbocycles. The number of carbonyl (C=O) groups excluding carboxylic acids is 1. The van der Waals surface area contributed by atoms with Gasteiger partial charge in [-0.05, 0) is 38.8 Å². The molecule has 0 spiro atoms. The Labute approximate surface area is 109 Å². The fourth-order valence-electron chi connectivity index (χ4n) is 1.63. The first-order valence-electron chi connectivity index (χ1n) is 6.57. The van der Waals surface area contributed by atoms with Crippen molar-refractivity contribution in [3.8, 4) is 0 Å². The maximum atomic E-state index is 12.1. The molecule has 1 amide bonds. The van der Waals surface area contributed by atoms with Crippen LogP contribution in [0.1, 0.15) is 51.0 Å². The summed E-state index contributed by atoms with van der Waals surface area (Å²) in [7, 11) is 0. The fraction of sp³-hybridized carbons (Fsp3) is 0.571. The van der Waals surface area contributed by atoms with E-state index in [4.69, 9.17) is 0 Å². The van der Waals surface area contributed by atoms with E-state index in [2.05, 4.69) is 36.4 Å². The second-order valence-corrected chi connectivity index (χ2v) is 4.68. The SMILES string of the molecule is CCNc1ccnc(C(=O)NC(C)(CC)CC)c1. The molecule has 1 heterocycles. The average Bonchev–Trinajstić information content (AvgIpc) is 2.39. The first-order valence-corrected chi connectivity index (χ1v) is 6.57. The van der Waals surface area contributed by atoms with Crippen LogP contribution < -0.4 is 10.6 Å². The molecule has 0 bridgehead atoms. The number of pyridine rings is 1. The summed E-state index contributed by atoms with van der Waals surface area (Å²) in [6, 6.07) is 3.64. The van der Waals surface area contributed by atoms with Crippen molar-refractivity contribution >= 4 is 11.6 Å². The van der Waals surface area contributed by atoms with Gasteiger partial charge in [-0.3, -0.25) is 9.78 Å². The lowest BCUT2D eigenvalue weighted by Gasteiger charge is -2.28. The van der Waals surface area contributed by atoms with Gasteiger partial charge in [-0.25, -0.2) is 0 Å². The third-order valence-corrected chi connectivity index (χ3v) is 3.35. The summed E-state index contributed by atoms with van der Waals surface area (Å²) in [5.41, 5.74) is 1.22. The van der Waals surface area contributed by atoms with Crippen LogP contribution in [-0.2, 0) is 0 Å². The van der Waals surface area contributed by atoms with Gasteiger partial charge >= 0.3 is 0 Å². The van der Waals surface area contributed by atoms with Crippen molar-refractivity contribution in [1.29, 1.82) is 0 Å². The average molecular weight is 249 g/mol. The summed E-state index contributed by atoms with van der Waals surface area (Å²) in [5.74, 6) is -0.110. The Balaban J connectivity index is 2.81. The Morgan fingerprint density at radius 1 is 1.33 bits per heavy atom. The molecule has 0 unspecified atom stereocenters. The summed E-state index contributed by atoms with van der Waals surface area (Å²) in [6.07, 6.45) is 3.46. The molecule has 0 aliphatic carbocycles. The van der Waals surface area contributed by atoms with Crippen molar-refractivity contribution in [3.05, 3.63) is 24.0 Å². The van der Waals surface area contributed by atoms with E-state index < -0.39 is 0 Å². The van der Waals surface area contributed by atoms with Crippen LogP contribution in [0.3, 0.4) is 0 Å². The van der Waals surface area contributed by atoms with E-state index >= 15 is 0 Å². The predicted octanol–water partition coefficient (Wildman–Crippen LogP) is 2.82. The predicted molar refractivity (Wildman–Crippen MR) is 74.9 cm³/mol. The lowest BCUT2D eigenvalue weighted by Crippen LogP contribution is -2.45. The highest BCUT2D eigenvalue weighted by Gasteiger charge is 2.23. The van der Waals surface area contributed by atoms with E-state index in [1.165, 1.54) is 0 Å². The highest BCUT2D eigenvalue weighted by atomic mass is 16.2. The molecule has 2 N–H and O–H groups in total. The molecule has 4 nitrogen and oxygen atoms in total. The summed E-state index contributed by atoms with van der Waals surface area (Å²) in [5, 5.41) is 6.22. The molecule has 100 valence electrons. The van der Waals surface area contributed by atoms with E-state index in [9.17, 15) is 4.79 Å². The minimum Gasteiger partial charge on any atom is -0.385 e. The minimum absolute atomic E-state index is 0.110. The summed E-state index contributed by atoms with van der Waals surface area (Å²) < 4.78 is 0. The Morgan fingerprint density at radius 2 is 2.00 bits per heavy atom. The van der Waals surface area contributed by atoms with Gasteiger partial charge < -0.3 is 10.6 Å². The molecule has 0 radical (unpaired) electrons. The Bertz CT molecular complexity index is 400. The van der Waals surface area contributed by atoms with Gasteiger partial charge in [0.05, 0.1) is 0 Å². The van der Waals surface area contributed by atoms with E-state index in [1.807, 2.05) is 13.0 Å². The van der Waals surface area contributed by atoms with Crippen LogP contribution in [0.15, 0.2) is 18.3 Å². The molecule has 1 rings (SSSR count). The third-order valence-electron chi connectivity index (χ3n) is 3.35. The lowest BCUT2D eigenvalue weighted by atomic mass is 9.95. The number of hydrogen-bond donors (Lipinski definition) is 2. The fourth-order valence-corrected chi connectivity index (χ4v) is 1.63. The molecule has 4 heteroatoms. The zero-order valence-corrected chi connectivity index (χ0v) is 11.7. The molecule has 0 saturated heterocycles. The molecule has 1 aromatic rings. The quantitative estimate of drug-likeness (QED) is 0.815. The van der Waals surface area contributed by atoms with Gasteiger partial charge in [-0.2, -0.15) is 0 Å². The van der Waals surface area contributed by atoms with E-state index in [-0.39, 0.29) is 11.4 Å². The van der Waals surface area contributed by atoms with Crippen molar-refractivity contribution in [2.24, 2.45) is 0 Å². The Morgan fingerprint density at radius 3 is 2.56 bits per heavy atom. The number of rotatable bonds is 6. The maximum absolute atomic E-state index is 12.1. The van der Waals surface area contributed by atoms with Crippen LogP contribution in [0.5, 0.6) is 0 Å². The van der Waals surface area contributed by atoms with Crippen LogP contribution in [0, 0.1) is 0 Å². The summed E-state index contributed by atoms with van der Waals surface area (Å²) in [4.78, 5) is 16.3. The summed E-state index contributed by atoms with van der Waals surface area (Å²) in [6.45, 7) is 9.05. The van der Waals surface area contributed by atoms with Gasteiger partial charge in [0.1, 0.15) is 5.69 Å². The van der Waals surface area contributed by atoms with Crippen LogP contribution in [0.2, 0.25) is 0 Å². The first-order chi connectivity index (χ1) is 8.54. The minimum atomic E-state index is -0.160. The number of hydrogen-bond acceptors (Lipinski definition) is 3. The van der Waals surface area contributed by atoms with Crippen molar-refractivity contribution < 1.29 is 4.79 Å². The number of anilines is 1. The zero-order valence-electron chi connectivity index (χ0n) is 11.7. The number of amides is 1. The molecule has 0 aliphatic heterocycles. The summed E-state index contributed by atoms with van der Waals surface area (Å²) >= 11 is 0. The standard InChI is InChI=1S/C14H23N3O/c1-5-14(4,6-2)17-13(18)12-10-11(15-7-3)8-9-16-12/h8-10H,5-7H2,1-4H3,(H,15,16)(H,17,18). The van der Waals surface area contributed by atoms with Crippen LogP contribution >= 0.6 is 0 Å². The lowest BCUT2D eigenvalue weighted by molar-refractivity contribution is 0.0896. The van der Waals surface area contributed by atoms with Crippen LogP contribution in [-0.4, -0.2) is 23.0 Å². The molecule has 0 atom stereocenters. The first kappa shape index (κ1) is 14.5. The Hall–Kier alpha value is -1.58. The molecule has 0 aromatic carbocycles. The third kappa shape index (κ3) is 3.72. The van der Waals surface area contributed by atoms with E-state index in [0.717, 1.165) is 25.1 Å². The monoisotopic (exact) mass is 249 g/mol. The highest BCUT2D eigenvalue weighted by Crippen LogP contribution is 2.15. The number of aromatic nitrogens is 1. The number of nitrogens with one attached hydrogen (secondary N) is 2.